The van der Waals surface area contributed by atoms with Crippen molar-refractivity contribution in [2.24, 2.45) is 0 Å². The largest absolute Gasteiger partial charge is 0.316 e. The van der Waals surface area contributed by atoms with Crippen LogP contribution in [0.5, 0.6) is 0 Å². The molecule has 0 radical (unpaired) electrons. The maximum Gasteiger partial charge on any atom is 0.0721 e. The molecule has 0 amide bonds. The van der Waals surface area contributed by atoms with Gasteiger partial charge in [-0.05, 0) is 77.4 Å². The van der Waals surface area contributed by atoms with Crippen molar-refractivity contribution in [1.82, 2.24) is 9.13 Å². The fourth-order valence-corrected chi connectivity index (χ4v) is 7.43. The molecule has 0 saturated heterocycles. The molecule has 0 aliphatic heterocycles. The van der Waals surface area contributed by atoms with Crippen LogP contribution in [-0.2, 0) is 0 Å². The topological polar surface area (TPSA) is 13.1 Å². The van der Waals surface area contributed by atoms with E-state index in [-0.39, 0.29) is 5.92 Å². The number of aromatic nitrogens is 2. The molecule has 0 saturated carbocycles. The summed E-state index contributed by atoms with van der Waals surface area (Å²) >= 11 is 0. The standard InChI is InChI=1S/C47H35N3/c1-5-18-35(19-6-1)47(43-33-48(37-21-7-2-8-22-37)44-30-15-13-28-41(43)44)36-20-17-27-40(32-36)50(39-25-11-4-12-26-39)46-34-49(38-23-9-3-10-24-38)45-31-16-14-29-42(45)46/h1-34,47H. The number of benzene rings is 7. The second-order valence-corrected chi connectivity index (χ2v) is 12.7. The van der Waals surface area contributed by atoms with Crippen molar-refractivity contribution in [3.05, 3.63) is 223 Å². The molecule has 9 rings (SSSR count). The van der Waals surface area contributed by atoms with Gasteiger partial charge in [0.2, 0.25) is 0 Å². The van der Waals surface area contributed by atoms with E-state index in [4.69, 9.17) is 0 Å². The lowest BCUT2D eigenvalue weighted by Crippen LogP contribution is -2.11. The number of hydrogen-bond acceptors (Lipinski definition) is 1. The first-order valence-corrected chi connectivity index (χ1v) is 17.1. The Bertz CT molecular complexity index is 2360. The van der Waals surface area contributed by atoms with Gasteiger partial charge in [-0.3, -0.25) is 0 Å². The van der Waals surface area contributed by atoms with Crippen LogP contribution >= 0.6 is 0 Å². The fraction of sp³-hybridized carbons (Fsp3) is 0.0213. The SMILES string of the molecule is c1ccc(C(c2cccc(N(c3ccccc3)c3cn(-c4ccccc4)c4ccccc34)c2)c2cn(-c3ccccc3)c3ccccc23)cc1. The quantitative estimate of drug-likeness (QED) is 0.161. The van der Waals surface area contributed by atoms with Crippen LogP contribution in [0.3, 0.4) is 0 Å². The molecule has 3 nitrogen and oxygen atoms in total. The summed E-state index contributed by atoms with van der Waals surface area (Å²) in [6.07, 6.45) is 4.62. The van der Waals surface area contributed by atoms with Crippen molar-refractivity contribution in [2.75, 3.05) is 4.90 Å². The van der Waals surface area contributed by atoms with Gasteiger partial charge in [0.1, 0.15) is 0 Å². The Kier molecular flexibility index (Phi) is 7.56. The average Bonchev–Trinajstić information content (AvgIpc) is 3.76. The smallest absolute Gasteiger partial charge is 0.0721 e. The third-order valence-corrected chi connectivity index (χ3v) is 9.66. The summed E-state index contributed by atoms with van der Waals surface area (Å²) in [7, 11) is 0. The summed E-state index contributed by atoms with van der Waals surface area (Å²) < 4.78 is 4.63. The first kappa shape index (κ1) is 29.6. The van der Waals surface area contributed by atoms with Crippen molar-refractivity contribution in [1.29, 1.82) is 0 Å². The van der Waals surface area contributed by atoms with Crippen LogP contribution in [0.4, 0.5) is 17.1 Å². The lowest BCUT2D eigenvalue weighted by molar-refractivity contribution is 0.973. The van der Waals surface area contributed by atoms with Gasteiger partial charge in [-0.1, -0.05) is 133 Å². The molecule has 0 N–H and O–H groups in total. The van der Waals surface area contributed by atoms with E-state index in [0.29, 0.717) is 0 Å². The second kappa shape index (κ2) is 12.8. The predicted octanol–water partition coefficient (Wildman–Crippen LogP) is 12.2. The van der Waals surface area contributed by atoms with Gasteiger partial charge in [-0.25, -0.2) is 0 Å². The molecule has 238 valence electrons. The van der Waals surface area contributed by atoms with Crippen molar-refractivity contribution < 1.29 is 0 Å². The number of para-hydroxylation sites is 5. The summed E-state index contributed by atoms with van der Waals surface area (Å²) in [5.41, 5.74) is 11.8. The molecule has 1 unspecified atom stereocenters. The molecule has 0 spiro atoms. The molecule has 9 aromatic rings. The van der Waals surface area contributed by atoms with Gasteiger partial charge in [0.05, 0.1) is 16.7 Å². The highest BCUT2D eigenvalue weighted by Crippen LogP contribution is 2.44. The number of hydrogen-bond donors (Lipinski definition) is 0. The van der Waals surface area contributed by atoms with E-state index in [1.165, 1.54) is 38.5 Å². The van der Waals surface area contributed by atoms with Gasteiger partial charge in [0.25, 0.3) is 0 Å². The second-order valence-electron chi connectivity index (χ2n) is 12.7. The molecule has 50 heavy (non-hydrogen) atoms. The Balaban J connectivity index is 1.26. The van der Waals surface area contributed by atoms with Crippen molar-refractivity contribution in [3.8, 4) is 11.4 Å². The molecular formula is C47H35N3. The lowest BCUT2D eigenvalue weighted by Gasteiger charge is -2.26. The van der Waals surface area contributed by atoms with Crippen LogP contribution in [0.2, 0.25) is 0 Å². The van der Waals surface area contributed by atoms with Gasteiger partial charge in [-0.2, -0.15) is 0 Å². The van der Waals surface area contributed by atoms with Crippen molar-refractivity contribution in [3.63, 3.8) is 0 Å². The summed E-state index contributed by atoms with van der Waals surface area (Å²) in [4.78, 5) is 2.40. The highest BCUT2D eigenvalue weighted by atomic mass is 15.2. The van der Waals surface area contributed by atoms with Crippen LogP contribution in [0.25, 0.3) is 33.2 Å². The van der Waals surface area contributed by atoms with E-state index in [1.54, 1.807) is 0 Å². The molecule has 1 atom stereocenters. The first-order valence-electron chi connectivity index (χ1n) is 17.1. The van der Waals surface area contributed by atoms with E-state index in [1.807, 2.05) is 0 Å². The van der Waals surface area contributed by atoms with Crippen LogP contribution in [-0.4, -0.2) is 9.13 Å². The van der Waals surface area contributed by atoms with E-state index in [0.717, 1.165) is 28.4 Å². The van der Waals surface area contributed by atoms with E-state index in [9.17, 15) is 0 Å². The number of anilines is 3. The zero-order valence-electron chi connectivity index (χ0n) is 27.5. The lowest BCUT2D eigenvalue weighted by atomic mass is 9.84. The van der Waals surface area contributed by atoms with E-state index < -0.39 is 0 Å². The zero-order chi connectivity index (χ0) is 33.3. The molecule has 0 bridgehead atoms. The van der Waals surface area contributed by atoms with Gasteiger partial charge in [0.15, 0.2) is 0 Å². The molecule has 3 heteroatoms. The molecule has 0 aliphatic carbocycles. The first-order chi connectivity index (χ1) is 24.8. The summed E-state index contributed by atoms with van der Waals surface area (Å²) in [5.74, 6) is 0.00861. The fourth-order valence-electron chi connectivity index (χ4n) is 7.43. The Morgan fingerprint density at radius 1 is 0.380 bits per heavy atom. The molecule has 2 heterocycles. The third-order valence-electron chi connectivity index (χ3n) is 9.66. The minimum Gasteiger partial charge on any atom is -0.316 e. The molecular weight excluding hydrogens is 607 g/mol. The number of fused-ring (bicyclic) bond motifs is 2. The van der Waals surface area contributed by atoms with E-state index >= 15 is 0 Å². The average molecular weight is 642 g/mol. The minimum atomic E-state index is 0.00861. The van der Waals surface area contributed by atoms with Crippen LogP contribution in [0.1, 0.15) is 22.6 Å². The Morgan fingerprint density at radius 2 is 0.860 bits per heavy atom. The normalized spacial score (nSPS) is 11.9. The molecule has 7 aromatic carbocycles. The third kappa shape index (κ3) is 5.26. The van der Waals surface area contributed by atoms with Gasteiger partial charge >= 0.3 is 0 Å². The number of nitrogens with zero attached hydrogens (tertiary/aromatic N) is 3. The zero-order valence-corrected chi connectivity index (χ0v) is 27.5. The van der Waals surface area contributed by atoms with Crippen LogP contribution in [0, 0.1) is 0 Å². The highest BCUT2D eigenvalue weighted by molar-refractivity contribution is 5.99. The van der Waals surface area contributed by atoms with Crippen molar-refractivity contribution in [2.45, 2.75) is 5.92 Å². The summed E-state index contributed by atoms with van der Waals surface area (Å²) in [6.45, 7) is 0. The van der Waals surface area contributed by atoms with Crippen LogP contribution < -0.4 is 4.90 Å². The predicted molar refractivity (Wildman–Crippen MR) is 209 cm³/mol. The van der Waals surface area contributed by atoms with Crippen molar-refractivity contribution >= 4 is 38.9 Å². The maximum atomic E-state index is 2.40. The maximum absolute atomic E-state index is 2.40. The summed E-state index contributed by atoms with van der Waals surface area (Å²) in [5, 5.41) is 2.44. The van der Waals surface area contributed by atoms with Gasteiger partial charge in [-0.15, -0.1) is 0 Å². The van der Waals surface area contributed by atoms with Gasteiger partial charge in [0, 0.05) is 51.8 Å². The Labute approximate surface area is 292 Å². The Morgan fingerprint density at radius 3 is 1.52 bits per heavy atom. The molecule has 0 fully saturated rings. The van der Waals surface area contributed by atoms with Crippen LogP contribution in [0.15, 0.2) is 207 Å². The molecule has 0 aliphatic rings. The Hall–Kier alpha value is -6.58. The monoisotopic (exact) mass is 641 g/mol. The van der Waals surface area contributed by atoms with E-state index in [2.05, 4.69) is 221 Å². The number of rotatable bonds is 8. The highest BCUT2D eigenvalue weighted by Gasteiger charge is 2.25. The molecule has 2 aromatic heterocycles. The minimum absolute atomic E-state index is 0.00861. The summed E-state index contributed by atoms with van der Waals surface area (Å²) in [6, 6.07) is 69.5. The van der Waals surface area contributed by atoms with Gasteiger partial charge < -0.3 is 14.0 Å².